The fourth-order valence-electron chi connectivity index (χ4n) is 1.46. The maximum Gasteiger partial charge on any atom is 0.165 e. The Morgan fingerprint density at radius 2 is 2.12 bits per heavy atom. The molecule has 0 aliphatic rings. The topological polar surface area (TPSA) is 46.5 Å². The van der Waals surface area contributed by atoms with Crippen LogP contribution in [0.15, 0.2) is 24.3 Å². The highest BCUT2D eigenvalue weighted by Crippen LogP contribution is 2.14. The van der Waals surface area contributed by atoms with Crippen LogP contribution in [0.25, 0.3) is 0 Å². The molecular weight excluding hydrogens is 204 g/mol. The molecule has 1 atom stereocenters. The van der Waals surface area contributed by atoms with Crippen molar-refractivity contribution >= 4 is 5.78 Å². The van der Waals surface area contributed by atoms with Crippen LogP contribution in [-0.4, -0.2) is 24.1 Å². The fourth-order valence-corrected chi connectivity index (χ4v) is 1.46. The number of aliphatic hydroxyl groups excluding tert-OH is 1. The van der Waals surface area contributed by atoms with Gasteiger partial charge in [0.1, 0.15) is 11.9 Å². The molecule has 0 saturated carbocycles. The number of rotatable bonds is 5. The van der Waals surface area contributed by atoms with Crippen LogP contribution in [0.2, 0.25) is 0 Å². The molecule has 1 rings (SSSR count). The summed E-state index contributed by atoms with van der Waals surface area (Å²) in [6.07, 6.45) is -0.637. The van der Waals surface area contributed by atoms with Gasteiger partial charge in [-0.1, -0.05) is 26.0 Å². The summed E-state index contributed by atoms with van der Waals surface area (Å²) in [4.78, 5) is 11.7. The highest BCUT2D eigenvalue weighted by atomic mass is 16.5. The van der Waals surface area contributed by atoms with Crippen molar-refractivity contribution in [2.45, 2.75) is 26.4 Å². The lowest BCUT2D eigenvalue weighted by Gasteiger charge is -2.13. The van der Waals surface area contributed by atoms with Gasteiger partial charge in [0.25, 0.3) is 0 Å². The predicted molar refractivity (Wildman–Crippen MR) is 62.5 cm³/mol. The van der Waals surface area contributed by atoms with E-state index in [-0.39, 0.29) is 18.1 Å². The Morgan fingerprint density at radius 1 is 1.44 bits per heavy atom. The molecule has 0 radical (unpaired) electrons. The van der Waals surface area contributed by atoms with Gasteiger partial charge in [0.05, 0.1) is 7.11 Å². The lowest BCUT2D eigenvalue weighted by molar-refractivity contribution is -0.128. The second kappa shape index (κ2) is 5.66. The molecule has 0 aliphatic heterocycles. The first kappa shape index (κ1) is 12.7. The molecule has 1 aromatic carbocycles. The standard InChI is InChI=1S/C13H18O3/c1-9(2)13(15)12(14)8-10-5-4-6-11(7-10)16-3/h4-7,9,13,15H,8H2,1-3H3. The van der Waals surface area contributed by atoms with Crippen LogP contribution in [-0.2, 0) is 11.2 Å². The normalized spacial score (nSPS) is 12.6. The zero-order valence-corrected chi connectivity index (χ0v) is 9.93. The van der Waals surface area contributed by atoms with Crippen molar-refractivity contribution in [1.82, 2.24) is 0 Å². The molecule has 0 aliphatic carbocycles. The molecule has 0 spiro atoms. The first-order valence-electron chi connectivity index (χ1n) is 5.38. The van der Waals surface area contributed by atoms with Crippen LogP contribution in [0, 0.1) is 5.92 Å². The number of Topliss-reactive ketones (excluding diaryl/α,β-unsaturated/α-hetero) is 1. The lowest BCUT2D eigenvalue weighted by atomic mass is 9.98. The van der Waals surface area contributed by atoms with E-state index in [4.69, 9.17) is 4.74 Å². The first-order valence-corrected chi connectivity index (χ1v) is 5.38. The van der Waals surface area contributed by atoms with Crippen LogP contribution < -0.4 is 4.74 Å². The second-order valence-electron chi connectivity index (χ2n) is 4.18. The van der Waals surface area contributed by atoms with Gasteiger partial charge in [-0.3, -0.25) is 4.79 Å². The maximum atomic E-state index is 11.7. The Bertz CT molecular complexity index is 358. The molecular formula is C13H18O3. The SMILES string of the molecule is COc1cccc(CC(=O)C(O)C(C)C)c1. The van der Waals surface area contributed by atoms with Crippen molar-refractivity contribution in [1.29, 1.82) is 0 Å². The van der Waals surface area contributed by atoms with Crippen molar-refractivity contribution in [2.24, 2.45) is 5.92 Å². The molecule has 3 heteroatoms. The van der Waals surface area contributed by atoms with Crippen molar-refractivity contribution in [2.75, 3.05) is 7.11 Å². The number of methoxy groups -OCH3 is 1. The minimum atomic E-state index is -0.883. The lowest BCUT2D eigenvalue weighted by Crippen LogP contribution is -2.27. The highest BCUT2D eigenvalue weighted by molar-refractivity contribution is 5.85. The van der Waals surface area contributed by atoms with E-state index in [0.29, 0.717) is 0 Å². The Labute approximate surface area is 96.1 Å². The summed E-state index contributed by atoms with van der Waals surface area (Å²) >= 11 is 0. The summed E-state index contributed by atoms with van der Waals surface area (Å²) in [6, 6.07) is 7.33. The van der Waals surface area contributed by atoms with Crippen molar-refractivity contribution in [3.63, 3.8) is 0 Å². The van der Waals surface area contributed by atoms with Crippen LogP contribution >= 0.6 is 0 Å². The Kier molecular flexibility index (Phi) is 4.50. The molecule has 1 unspecified atom stereocenters. The minimum Gasteiger partial charge on any atom is -0.497 e. The molecule has 0 aromatic heterocycles. The molecule has 0 amide bonds. The Balaban J connectivity index is 2.69. The summed E-state index contributed by atoms with van der Waals surface area (Å²) in [6.45, 7) is 3.66. The molecule has 0 fully saturated rings. The van der Waals surface area contributed by atoms with Gasteiger partial charge in [0.15, 0.2) is 5.78 Å². The van der Waals surface area contributed by atoms with Gasteiger partial charge in [-0.2, -0.15) is 0 Å². The number of carbonyl (C=O) groups is 1. The van der Waals surface area contributed by atoms with Crippen molar-refractivity contribution in [3.05, 3.63) is 29.8 Å². The van der Waals surface area contributed by atoms with Crippen LogP contribution in [0.3, 0.4) is 0 Å². The molecule has 1 aromatic rings. The summed E-state index contributed by atoms with van der Waals surface area (Å²) in [5.74, 6) is 0.533. The second-order valence-corrected chi connectivity index (χ2v) is 4.18. The molecule has 0 saturated heterocycles. The van der Waals surface area contributed by atoms with Crippen molar-refractivity contribution < 1.29 is 14.6 Å². The number of aliphatic hydroxyl groups is 1. The Morgan fingerprint density at radius 3 is 2.69 bits per heavy atom. The van der Waals surface area contributed by atoms with E-state index in [1.807, 2.05) is 38.1 Å². The molecule has 16 heavy (non-hydrogen) atoms. The first-order chi connectivity index (χ1) is 7.54. The van der Waals surface area contributed by atoms with E-state index in [1.54, 1.807) is 7.11 Å². The van der Waals surface area contributed by atoms with E-state index in [2.05, 4.69) is 0 Å². The minimum absolute atomic E-state index is 0.0434. The van der Waals surface area contributed by atoms with Gasteiger partial charge in [-0.25, -0.2) is 0 Å². The summed E-state index contributed by atoms with van der Waals surface area (Å²) in [7, 11) is 1.59. The fraction of sp³-hybridized carbons (Fsp3) is 0.462. The number of ketones is 1. The average Bonchev–Trinajstić information content (AvgIpc) is 2.28. The molecule has 1 N–H and O–H groups in total. The van der Waals surface area contributed by atoms with E-state index in [9.17, 15) is 9.90 Å². The Hall–Kier alpha value is -1.35. The number of carbonyl (C=O) groups excluding carboxylic acids is 1. The van der Waals surface area contributed by atoms with Gasteiger partial charge < -0.3 is 9.84 Å². The van der Waals surface area contributed by atoms with Gasteiger partial charge in [0, 0.05) is 6.42 Å². The number of hydrogen-bond acceptors (Lipinski definition) is 3. The zero-order chi connectivity index (χ0) is 12.1. The van der Waals surface area contributed by atoms with Crippen LogP contribution in [0.5, 0.6) is 5.75 Å². The summed E-state index contributed by atoms with van der Waals surface area (Å²) < 4.78 is 5.07. The number of ether oxygens (including phenoxy) is 1. The van der Waals surface area contributed by atoms with Gasteiger partial charge in [0.2, 0.25) is 0 Å². The van der Waals surface area contributed by atoms with Crippen LogP contribution in [0.4, 0.5) is 0 Å². The highest BCUT2D eigenvalue weighted by Gasteiger charge is 2.18. The average molecular weight is 222 g/mol. The molecule has 88 valence electrons. The number of benzene rings is 1. The molecule has 0 bridgehead atoms. The zero-order valence-electron chi connectivity index (χ0n) is 9.93. The smallest absolute Gasteiger partial charge is 0.165 e. The van der Waals surface area contributed by atoms with Gasteiger partial charge in [-0.15, -0.1) is 0 Å². The quantitative estimate of drug-likeness (QED) is 0.826. The third kappa shape index (κ3) is 3.35. The monoisotopic (exact) mass is 222 g/mol. The molecule has 3 nitrogen and oxygen atoms in total. The van der Waals surface area contributed by atoms with Crippen LogP contribution in [0.1, 0.15) is 19.4 Å². The predicted octanol–water partition coefficient (Wildman–Crippen LogP) is 1.82. The molecule has 0 heterocycles. The largest absolute Gasteiger partial charge is 0.497 e. The van der Waals surface area contributed by atoms with E-state index >= 15 is 0 Å². The summed E-state index contributed by atoms with van der Waals surface area (Å²) in [5, 5.41) is 9.60. The van der Waals surface area contributed by atoms with E-state index in [1.165, 1.54) is 0 Å². The van der Waals surface area contributed by atoms with Gasteiger partial charge in [-0.05, 0) is 23.6 Å². The summed E-state index contributed by atoms with van der Waals surface area (Å²) in [5.41, 5.74) is 0.865. The van der Waals surface area contributed by atoms with Gasteiger partial charge >= 0.3 is 0 Å². The third-order valence-corrected chi connectivity index (χ3v) is 2.47. The number of hydrogen-bond donors (Lipinski definition) is 1. The maximum absolute atomic E-state index is 11.7. The van der Waals surface area contributed by atoms with E-state index in [0.717, 1.165) is 11.3 Å². The van der Waals surface area contributed by atoms with E-state index < -0.39 is 6.10 Å². The third-order valence-electron chi connectivity index (χ3n) is 2.47. The van der Waals surface area contributed by atoms with Crippen molar-refractivity contribution in [3.8, 4) is 5.75 Å².